The molecule has 0 radical (unpaired) electrons. The van der Waals surface area contributed by atoms with Gasteiger partial charge in [0.2, 0.25) is 5.91 Å². The maximum atomic E-state index is 12.2. The van der Waals surface area contributed by atoms with Crippen LogP contribution in [0, 0.1) is 0 Å². The second-order valence-electron chi connectivity index (χ2n) is 5.52. The zero-order valence-corrected chi connectivity index (χ0v) is 14.3. The van der Waals surface area contributed by atoms with Crippen LogP contribution < -0.4 is 9.46 Å². The van der Waals surface area contributed by atoms with Crippen LogP contribution in [0.4, 0.5) is 0 Å². The normalized spacial score (nSPS) is 15.2. The molecule has 0 aliphatic carbocycles. The van der Waals surface area contributed by atoms with Crippen molar-refractivity contribution in [2.24, 2.45) is 0 Å². The minimum absolute atomic E-state index is 0.180. The molecule has 1 fully saturated rings. The number of methoxy groups -OCH3 is 1. The Balaban J connectivity index is 1.91. The van der Waals surface area contributed by atoms with E-state index in [2.05, 4.69) is 4.72 Å². The first-order valence-corrected chi connectivity index (χ1v) is 8.98. The Morgan fingerprint density at radius 2 is 2.04 bits per heavy atom. The number of hydrogen-bond acceptors (Lipinski definition) is 4. The molecule has 0 atom stereocenters. The van der Waals surface area contributed by atoms with Gasteiger partial charge in [0.15, 0.2) is 0 Å². The molecule has 0 spiro atoms. The number of nitrogens with zero attached hydrogens (tertiary/aromatic N) is 2. The van der Waals surface area contributed by atoms with Gasteiger partial charge in [0.1, 0.15) is 5.75 Å². The van der Waals surface area contributed by atoms with Gasteiger partial charge in [-0.15, -0.1) is 0 Å². The van der Waals surface area contributed by atoms with E-state index in [1.54, 1.807) is 30.2 Å². The van der Waals surface area contributed by atoms with Crippen LogP contribution in [0.2, 0.25) is 0 Å². The quantitative estimate of drug-likeness (QED) is 0.787. The number of carbonyl (C=O) groups excluding carboxylic acids is 1. The topological polar surface area (TPSA) is 79.0 Å². The van der Waals surface area contributed by atoms with Crippen LogP contribution in [0.5, 0.6) is 5.75 Å². The fourth-order valence-electron chi connectivity index (χ4n) is 2.45. The lowest BCUT2D eigenvalue weighted by Gasteiger charge is -2.20. The van der Waals surface area contributed by atoms with Gasteiger partial charge in [0.25, 0.3) is 10.2 Å². The van der Waals surface area contributed by atoms with Crippen LogP contribution >= 0.6 is 0 Å². The predicted molar refractivity (Wildman–Crippen MR) is 87.2 cm³/mol. The fourth-order valence-corrected chi connectivity index (χ4v) is 3.30. The van der Waals surface area contributed by atoms with Gasteiger partial charge < -0.3 is 9.64 Å². The smallest absolute Gasteiger partial charge is 0.279 e. The van der Waals surface area contributed by atoms with Gasteiger partial charge in [-0.1, -0.05) is 12.1 Å². The zero-order valence-electron chi connectivity index (χ0n) is 13.5. The van der Waals surface area contributed by atoms with E-state index in [0.717, 1.165) is 18.4 Å². The van der Waals surface area contributed by atoms with E-state index < -0.39 is 10.2 Å². The van der Waals surface area contributed by atoms with E-state index >= 15 is 0 Å². The number of nitrogens with one attached hydrogen (secondary N) is 1. The Morgan fingerprint density at radius 3 is 2.70 bits per heavy atom. The minimum atomic E-state index is -3.71. The molecule has 8 heteroatoms. The van der Waals surface area contributed by atoms with E-state index in [0.29, 0.717) is 18.8 Å². The molecule has 1 heterocycles. The first kappa shape index (κ1) is 17.7. The fraction of sp³-hybridized carbons (Fsp3) is 0.533. The summed E-state index contributed by atoms with van der Waals surface area (Å²) < 4.78 is 33.1. The molecule has 0 aromatic heterocycles. The second kappa shape index (κ2) is 7.76. The van der Waals surface area contributed by atoms with Gasteiger partial charge >= 0.3 is 0 Å². The molecule has 1 aromatic rings. The van der Waals surface area contributed by atoms with E-state index in [1.807, 2.05) is 6.07 Å². The highest BCUT2D eigenvalue weighted by Gasteiger charge is 2.22. The number of likely N-dealkylation sites (tertiary alicyclic amines) is 1. The highest BCUT2D eigenvalue weighted by molar-refractivity contribution is 7.87. The molecule has 1 amide bonds. The summed E-state index contributed by atoms with van der Waals surface area (Å²) in [6.45, 7) is 1.41. The van der Waals surface area contributed by atoms with Crippen molar-refractivity contribution < 1.29 is 17.9 Å². The summed E-state index contributed by atoms with van der Waals surface area (Å²) in [5, 5.41) is 0. The Kier molecular flexibility index (Phi) is 5.97. The van der Waals surface area contributed by atoms with Gasteiger partial charge in [-0.25, -0.2) is 0 Å². The Bertz CT molecular complexity index is 642. The number of carbonyl (C=O) groups is 1. The highest BCUT2D eigenvalue weighted by atomic mass is 32.2. The van der Waals surface area contributed by atoms with E-state index in [9.17, 15) is 13.2 Å². The van der Waals surface area contributed by atoms with Gasteiger partial charge in [0.05, 0.1) is 13.7 Å². The average Bonchev–Trinajstić information content (AvgIpc) is 3.07. The van der Waals surface area contributed by atoms with Crippen molar-refractivity contribution in [2.45, 2.75) is 19.4 Å². The molecule has 1 N–H and O–H groups in total. The number of benzene rings is 1. The maximum absolute atomic E-state index is 12.2. The molecule has 1 aliphatic rings. The van der Waals surface area contributed by atoms with Gasteiger partial charge in [-0.3, -0.25) is 4.79 Å². The first-order valence-electron chi connectivity index (χ1n) is 7.54. The van der Waals surface area contributed by atoms with Crippen LogP contribution in [0.3, 0.4) is 0 Å². The Hall–Kier alpha value is -1.64. The molecule has 0 bridgehead atoms. The van der Waals surface area contributed by atoms with Crippen molar-refractivity contribution >= 4 is 16.1 Å². The van der Waals surface area contributed by atoms with Crippen LogP contribution in [0.1, 0.15) is 18.4 Å². The molecule has 0 saturated carbocycles. The lowest BCUT2D eigenvalue weighted by atomic mass is 10.2. The van der Waals surface area contributed by atoms with Crippen LogP contribution in [0.25, 0.3) is 0 Å². The number of amides is 1. The van der Waals surface area contributed by atoms with Gasteiger partial charge in [0, 0.05) is 26.7 Å². The molecule has 2 rings (SSSR count). The standard InChI is InChI=1S/C15H23N3O4S/c1-17(12-13-6-5-7-14(10-13)22-2)23(20,21)16-11-15(19)18-8-3-4-9-18/h5-7,10,16H,3-4,8-9,11-12H2,1-2H3. The number of rotatable bonds is 7. The van der Waals surface area contributed by atoms with E-state index in [4.69, 9.17) is 4.74 Å². The summed E-state index contributed by atoms with van der Waals surface area (Å²) in [6.07, 6.45) is 1.96. The first-order chi connectivity index (χ1) is 10.9. The van der Waals surface area contributed by atoms with Crippen LogP contribution in [-0.2, 0) is 21.5 Å². The summed E-state index contributed by atoms with van der Waals surface area (Å²) in [6, 6.07) is 7.20. The minimum Gasteiger partial charge on any atom is -0.497 e. The second-order valence-corrected chi connectivity index (χ2v) is 7.38. The summed E-state index contributed by atoms with van der Waals surface area (Å²) >= 11 is 0. The van der Waals surface area contributed by atoms with Crippen molar-refractivity contribution in [3.05, 3.63) is 29.8 Å². The molecule has 0 unspecified atom stereocenters. The van der Waals surface area contributed by atoms with E-state index in [1.165, 1.54) is 11.4 Å². The summed E-state index contributed by atoms with van der Waals surface area (Å²) in [5.41, 5.74) is 0.808. The molecule has 1 aromatic carbocycles. The predicted octanol–water partition coefficient (Wildman–Crippen LogP) is 0.584. The third-order valence-corrected chi connectivity index (χ3v) is 5.27. The molecular formula is C15H23N3O4S. The van der Waals surface area contributed by atoms with Gasteiger partial charge in [-0.2, -0.15) is 17.4 Å². The van der Waals surface area contributed by atoms with Crippen LogP contribution in [0.15, 0.2) is 24.3 Å². The number of hydrogen-bond donors (Lipinski definition) is 1. The number of ether oxygens (including phenoxy) is 1. The molecule has 1 saturated heterocycles. The summed E-state index contributed by atoms with van der Waals surface area (Å²) in [5.74, 6) is 0.492. The summed E-state index contributed by atoms with van der Waals surface area (Å²) in [7, 11) is -0.673. The molecule has 128 valence electrons. The van der Waals surface area contributed by atoms with Crippen LogP contribution in [-0.4, -0.2) is 57.3 Å². The molecule has 1 aliphatic heterocycles. The average molecular weight is 341 g/mol. The van der Waals surface area contributed by atoms with Gasteiger partial charge in [-0.05, 0) is 30.5 Å². The SMILES string of the molecule is COc1cccc(CN(C)S(=O)(=O)NCC(=O)N2CCCC2)c1. The van der Waals surface area contributed by atoms with Crippen molar-refractivity contribution in [1.29, 1.82) is 0 Å². The van der Waals surface area contributed by atoms with Crippen molar-refractivity contribution in [3.8, 4) is 5.75 Å². The lowest BCUT2D eigenvalue weighted by molar-refractivity contribution is -0.128. The maximum Gasteiger partial charge on any atom is 0.279 e. The third kappa shape index (κ3) is 4.92. The molecule has 7 nitrogen and oxygen atoms in total. The van der Waals surface area contributed by atoms with Crippen molar-refractivity contribution in [1.82, 2.24) is 13.9 Å². The van der Waals surface area contributed by atoms with Crippen molar-refractivity contribution in [2.75, 3.05) is 33.8 Å². The Morgan fingerprint density at radius 1 is 1.35 bits per heavy atom. The zero-order chi connectivity index (χ0) is 16.9. The monoisotopic (exact) mass is 341 g/mol. The molecule has 23 heavy (non-hydrogen) atoms. The third-order valence-electron chi connectivity index (χ3n) is 3.81. The summed E-state index contributed by atoms with van der Waals surface area (Å²) in [4.78, 5) is 13.6. The molecular weight excluding hydrogens is 318 g/mol. The largest absolute Gasteiger partial charge is 0.497 e. The lowest BCUT2D eigenvalue weighted by Crippen LogP contribution is -2.43. The van der Waals surface area contributed by atoms with Crippen molar-refractivity contribution in [3.63, 3.8) is 0 Å². The van der Waals surface area contributed by atoms with E-state index in [-0.39, 0.29) is 19.0 Å². The Labute approximate surface area is 137 Å². The highest BCUT2D eigenvalue weighted by Crippen LogP contribution is 2.14.